The van der Waals surface area contributed by atoms with Gasteiger partial charge in [0.15, 0.2) is 0 Å². The van der Waals surface area contributed by atoms with Gasteiger partial charge in [0.1, 0.15) is 0 Å². The highest BCUT2D eigenvalue weighted by Crippen LogP contribution is 2.17. The molecule has 0 amide bonds. The molecule has 2 atom stereocenters. The molecule has 2 aliphatic heterocycles. The quantitative estimate of drug-likeness (QED) is 0.676. The number of hydrogen-bond acceptors (Lipinski definition) is 3. The van der Waals surface area contributed by atoms with Crippen molar-refractivity contribution in [3.05, 3.63) is 0 Å². The predicted octanol–water partition coefficient (Wildman–Crippen LogP) is 0.441. The smallest absolute Gasteiger partial charge is 0.0680 e. The van der Waals surface area contributed by atoms with Gasteiger partial charge in [-0.2, -0.15) is 0 Å². The van der Waals surface area contributed by atoms with E-state index >= 15 is 0 Å². The number of likely N-dealkylation sites (tertiary alicyclic amines) is 1. The van der Waals surface area contributed by atoms with Gasteiger partial charge >= 0.3 is 0 Å². The minimum absolute atomic E-state index is 0.108. The Balaban J connectivity index is 1.70. The van der Waals surface area contributed by atoms with Gasteiger partial charge in [0.05, 0.1) is 6.10 Å². The Bertz CT molecular complexity index is 178. The third-order valence-electron chi connectivity index (χ3n) is 3.55. The zero-order valence-electron chi connectivity index (χ0n) is 9.08. The standard InChI is InChI=1S/C11H22N2O/c1-9-2-4-13(5-3-9)8-10-6-11(14)7-12-10/h9-12,14H,2-8H2,1H3. The van der Waals surface area contributed by atoms with Crippen molar-refractivity contribution in [1.29, 1.82) is 0 Å². The normalized spacial score (nSPS) is 36.4. The van der Waals surface area contributed by atoms with Crippen LogP contribution >= 0.6 is 0 Å². The number of piperidine rings is 1. The van der Waals surface area contributed by atoms with E-state index in [4.69, 9.17) is 0 Å². The van der Waals surface area contributed by atoms with Crippen molar-refractivity contribution in [1.82, 2.24) is 10.2 Å². The average molecular weight is 198 g/mol. The van der Waals surface area contributed by atoms with Crippen molar-refractivity contribution in [3.8, 4) is 0 Å². The molecule has 0 aromatic heterocycles. The molecule has 2 rings (SSSR count). The van der Waals surface area contributed by atoms with Gasteiger partial charge in [0, 0.05) is 19.1 Å². The highest BCUT2D eigenvalue weighted by Gasteiger charge is 2.25. The van der Waals surface area contributed by atoms with Gasteiger partial charge in [-0.3, -0.25) is 0 Å². The Morgan fingerprint density at radius 1 is 1.36 bits per heavy atom. The fourth-order valence-corrected chi connectivity index (χ4v) is 2.49. The summed E-state index contributed by atoms with van der Waals surface area (Å²) in [5.74, 6) is 0.911. The lowest BCUT2D eigenvalue weighted by molar-refractivity contribution is 0.166. The Hall–Kier alpha value is -0.120. The molecule has 0 aromatic rings. The second-order valence-electron chi connectivity index (χ2n) is 4.98. The van der Waals surface area contributed by atoms with Crippen LogP contribution in [0.3, 0.4) is 0 Å². The highest BCUT2D eigenvalue weighted by molar-refractivity contribution is 4.84. The maximum Gasteiger partial charge on any atom is 0.0680 e. The van der Waals surface area contributed by atoms with Crippen LogP contribution in [-0.2, 0) is 0 Å². The lowest BCUT2D eigenvalue weighted by Crippen LogP contribution is -2.41. The fraction of sp³-hybridized carbons (Fsp3) is 1.00. The van der Waals surface area contributed by atoms with Crippen LogP contribution in [0.25, 0.3) is 0 Å². The first-order valence-corrected chi connectivity index (χ1v) is 5.88. The molecule has 0 aliphatic carbocycles. The molecular weight excluding hydrogens is 176 g/mol. The minimum Gasteiger partial charge on any atom is -0.392 e. The summed E-state index contributed by atoms with van der Waals surface area (Å²) in [4.78, 5) is 2.54. The first kappa shape index (κ1) is 10.4. The summed E-state index contributed by atoms with van der Waals surface area (Å²) in [6, 6.07) is 0.526. The van der Waals surface area contributed by atoms with Crippen molar-refractivity contribution >= 4 is 0 Å². The number of rotatable bonds is 2. The van der Waals surface area contributed by atoms with Crippen LogP contribution in [0.15, 0.2) is 0 Å². The molecule has 2 N–H and O–H groups in total. The lowest BCUT2D eigenvalue weighted by atomic mass is 9.99. The molecule has 0 saturated carbocycles. The Morgan fingerprint density at radius 2 is 2.07 bits per heavy atom. The van der Waals surface area contributed by atoms with Gasteiger partial charge in [0.2, 0.25) is 0 Å². The molecule has 2 saturated heterocycles. The summed E-state index contributed by atoms with van der Waals surface area (Å²) in [6.45, 7) is 6.75. The van der Waals surface area contributed by atoms with Crippen LogP contribution in [0.1, 0.15) is 26.2 Å². The van der Waals surface area contributed by atoms with Crippen LogP contribution in [0, 0.1) is 5.92 Å². The number of aliphatic hydroxyl groups is 1. The van der Waals surface area contributed by atoms with E-state index < -0.39 is 0 Å². The second kappa shape index (κ2) is 4.60. The third-order valence-corrected chi connectivity index (χ3v) is 3.55. The van der Waals surface area contributed by atoms with Crippen molar-refractivity contribution in [2.45, 2.75) is 38.3 Å². The van der Waals surface area contributed by atoms with E-state index in [2.05, 4.69) is 17.1 Å². The topological polar surface area (TPSA) is 35.5 Å². The highest BCUT2D eigenvalue weighted by atomic mass is 16.3. The summed E-state index contributed by atoms with van der Waals surface area (Å²) in [6.07, 6.45) is 3.51. The second-order valence-corrected chi connectivity index (χ2v) is 4.98. The number of nitrogens with zero attached hydrogens (tertiary/aromatic N) is 1. The summed E-state index contributed by atoms with van der Waals surface area (Å²) in [7, 11) is 0. The third kappa shape index (κ3) is 2.69. The van der Waals surface area contributed by atoms with Gasteiger partial charge in [-0.15, -0.1) is 0 Å². The summed E-state index contributed by atoms with van der Waals surface area (Å²) in [5.41, 5.74) is 0. The molecule has 0 bridgehead atoms. The van der Waals surface area contributed by atoms with E-state index in [1.54, 1.807) is 0 Å². The largest absolute Gasteiger partial charge is 0.392 e. The Labute approximate surface area is 86.5 Å². The number of nitrogens with one attached hydrogen (secondary N) is 1. The molecule has 0 radical (unpaired) electrons. The zero-order chi connectivity index (χ0) is 9.97. The molecule has 0 aromatic carbocycles. The maximum atomic E-state index is 9.39. The molecule has 2 unspecified atom stereocenters. The van der Waals surface area contributed by atoms with E-state index in [1.165, 1.54) is 25.9 Å². The zero-order valence-corrected chi connectivity index (χ0v) is 9.08. The summed E-state index contributed by atoms with van der Waals surface area (Å²) in [5, 5.41) is 12.8. The maximum absolute atomic E-state index is 9.39. The number of β-amino-alcohol motifs (C(OH)–C–C–N with tert-alkyl or cyclic N) is 1. The summed E-state index contributed by atoms with van der Waals surface area (Å²) < 4.78 is 0. The molecule has 2 fully saturated rings. The predicted molar refractivity (Wildman–Crippen MR) is 57.3 cm³/mol. The van der Waals surface area contributed by atoms with Gasteiger partial charge in [-0.05, 0) is 38.3 Å². The van der Waals surface area contributed by atoms with Gasteiger partial charge in [-0.1, -0.05) is 6.92 Å². The van der Waals surface area contributed by atoms with Gasteiger partial charge in [-0.25, -0.2) is 0 Å². The van der Waals surface area contributed by atoms with Crippen molar-refractivity contribution in [3.63, 3.8) is 0 Å². The number of aliphatic hydroxyl groups excluding tert-OH is 1. The first-order valence-electron chi connectivity index (χ1n) is 5.88. The van der Waals surface area contributed by atoms with Crippen molar-refractivity contribution in [2.24, 2.45) is 5.92 Å². The van der Waals surface area contributed by atoms with Gasteiger partial charge < -0.3 is 15.3 Å². The van der Waals surface area contributed by atoms with E-state index in [0.29, 0.717) is 6.04 Å². The van der Waals surface area contributed by atoms with Crippen LogP contribution < -0.4 is 5.32 Å². The minimum atomic E-state index is -0.108. The average Bonchev–Trinajstić information content (AvgIpc) is 2.56. The van der Waals surface area contributed by atoms with E-state index in [1.807, 2.05) is 0 Å². The van der Waals surface area contributed by atoms with E-state index in [9.17, 15) is 5.11 Å². The van der Waals surface area contributed by atoms with Crippen LogP contribution in [-0.4, -0.2) is 48.3 Å². The SMILES string of the molecule is CC1CCN(CC2CC(O)CN2)CC1. The van der Waals surface area contributed by atoms with Crippen LogP contribution in [0.5, 0.6) is 0 Å². The van der Waals surface area contributed by atoms with E-state index in [-0.39, 0.29) is 6.10 Å². The monoisotopic (exact) mass is 198 g/mol. The molecule has 2 aliphatic rings. The lowest BCUT2D eigenvalue weighted by Gasteiger charge is -2.32. The fourth-order valence-electron chi connectivity index (χ4n) is 2.49. The van der Waals surface area contributed by atoms with Crippen LogP contribution in [0.4, 0.5) is 0 Å². The van der Waals surface area contributed by atoms with Crippen molar-refractivity contribution in [2.75, 3.05) is 26.2 Å². The Morgan fingerprint density at radius 3 is 2.64 bits per heavy atom. The first-order chi connectivity index (χ1) is 6.74. The molecule has 82 valence electrons. The van der Waals surface area contributed by atoms with E-state index in [0.717, 1.165) is 25.4 Å². The molecule has 0 spiro atoms. The van der Waals surface area contributed by atoms with Gasteiger partial charge in [0.25, 0.3) is 0 Å². The molecular formula is C11H22N2O. The molecule has 14 heavy (non-hydrogen) atoms. The van der Waals surface area contributed by atoms with Crippen LogP contribution in [0.2, 0.25) is 0 Å². The molecule has 2 heterocycles. The molecule has 3 heteroatoms. The summed E-state index contributed by atoms with van der Waals surface area (Å²) >= 11 is 0. The van der Waals surface area contributed by atoms with Crippen molar-refractivity contribution < 1.29 is 5.11 Å². The Kier molecular flexibility index (Phi) is 3.42. The molecule has 3 nitrogen and oxygen atoms in total. The number of hydrogen-bond donors (Lipinski definition) is 2.